The van der Waals surface area contributed by atoms with Crippen molar-refractivity contribution in [2.75, 3.05) is 72.2 Å². The van der Waals surface area contributed by atoms with E-state index in [1.54, 1.807) is 18.3 Å². The predicted molar refractivity (Wildman–Crippen MR) is 121 cm³/mol. The zero-order valence-electron chi connectivity index (χ0n) is 18.0. The quantitative estimate of drug-likeness (QED) is 0.159. The second-order valence-corrected chi connectivity index (χ2v) is 10.3. The zero-order valence-corrected chi connectivity index (χ0v) is 19.0. The topological polar surface area (TPSA) is 110 Å². The molecule has 4 rings (SSSR count). The summed E-state index contributed by atoms with van der Waals surface area (Å²) in [6.07, 6.45) is 2.65. The van der Waals surface area contributed by atoms with Crippen molar-refractivity contribution in [3.8, 4) is 0 Å². The molecule has 0 saturated carbocycles. The Morgan fingerprint density at radius 2 is 1.74 bits per heavy atom. The molecule has 31 heavy (non-hydrogen) atoms. The SMILES string of the molecule is O=[N+]([O-])c1cccc(C=NCCNCCNCCC[Si]23OCCN(CCO2)CCO3)c1. The first-order valence-corrected chi connectivity index (χ1v) is 12.9. The third kappa shape index (κ3) is 8.37. The first-order chi connectivity index (χ1) is 15.2. The molecule has 1 aromatic carbocycles. The Kier molecular flexibility index (Phi) is 10.0. The van der Waals surface area contributed by atoms with Crippen LogP contribution in [-0.4, -0.2) is 97.0 Å². The summed E-state index contributed by atoms with van der Waals surface area (Å²) in [5, 5.41) is 17.5. The first kappa shape index (κ1) is 23.9. The summed E-state index contributed by atoms with van der Waals surface area (Å²) in [6.45, 7) is 9.05. The summed E-state index contributed by atoms with van der Waals surface area (Å²) in [7, 11) is -2.49. The molecule has 3 aliphatic rings. The highest BCUT2D eigenvalue weighted by molar-refractivity contribution is 6.60. The van der Waals surface area contributed by atoms with Crippen LogP contribution in [0.25, 0.3) is 0 Å². The largest absolute Gasteiger partial charge is 0.501 e. The van der Waals surface area contributed by atoms with E-state index in [0.717, 1.165) is 63.8 Å². The van der Waals surface area contributed by atoms with Crippen LogP contribution in [0.5, 0.6) is 0 Å². The molecule has 0 atom stereocenters. The second kappa shape index (κ2) is 13.0. The average molecular weight is 452 g/mol. The molecular formula is C20H33N5O5Si. The van der Waals surface area contributed by atoms with E-state index in [9.17, 15) is 10.1 Å². The van der Waals surface area contributed by atoms with Gasteiger partial charge < -0.3 is 23.9 Å². The van der Waals surface area contributed by atoms with Crippen LogP contribution >= 0.6 is 0 Å². The van der Waals surface area contributed by atoms with Gasteiger partial charge in [0.2, 0.25) is 0 Å². The van der Waals surface area contributed by atoms with E-state index in [0.29, 0.717) is 26.4 Å². The number of nitrogens with one attached hydrogen (secondary N) is 2. The summed E-state index contributed by atoms with van der Waals surface area (Å²) in [5.74, 6) is 0. The van der Waals surface area contributed by atoms with E-state index in [1.807, 2.05) is 0 Å². The monoisotopic (exact) mass is 451 g/mol. The highest BCUT2D eigenvalue weighted by Gasteiger charge is 2.43. The van der Waals surface area contributed by atoms with Gasteiger partial charge in [-0.1, -0.05) is 12.1 Å². The van der Waals surface area contributed by atoms with Crippen LogP contribution in [0.3, 0.4) is 0 Å². The molecule has 0 aliphatic carbocycles. The Bertz CT molecular complexity index is 696. The summed E-state index contributed by atoms with van der Waals surface area (Å²) in [5.41, 5.74) is 0.817. The van der Waals surface area contributed by atoms with Gasteiger partial charge in [0, 0.05) is 63.7 Å². The van der Waals surface area contributed by atoms with Gasteiger partial charge in [0.05, 0.1) is 31.3 Å². The van der Waals surface area contributed by atoms with Crippen molar-refractivity contribution in [2.45, 2.75) is 12.5 Å². The Hall–Kier alpha value is -1.73. The van der Waals surface area contributed by atoms with E-state index in [-0.39, 0.29) is 5.69 Å². The van der Waals surface area contributed by atoms with Gasteiger partial charge in [0.25, 0.3) is 5.69 Å². The summed E-state index contributed by atoms with van der Waals surface area (Å²) in [4.78, 5) is 17.0. The minimum absolute atomic E-state index is 0.0795. The third-order valence-corrected chi connectivity index (χ3v) is 8.14. The molecule has 0 unspecified atom stereocenters. The van der Waals surface area contributed by atoms with Gasteiger partial charge in [0.15, 0.2) is 0 Å². The average Bonchev–Trinajstić information content (AvgIpc) is 2.72. The Balaban J connectivity index is 1.21. The fourth-order valence-corrected chi connectivity index (χ4v) is 6.06. The molecule has 2 bridgehead atoms. The minimum Gasteiger partial charge on any atom is -0.372 e. The molecule has 0 radical (unpaired) electrons. The number of nitrogens with zero attached hydrogens (tertiary/aromatic N) is 3. The second-order valence-electron chi connectivity index (χ2n) is 7.56. The normalized spacial score (nSPS) is 24.1. The molecule has 10 nitrogen and oxygen atoms in total. The molecule has 3 heterocycles. The molecular weight excluding hydrogens is 418 g/mol. The lowest BCUT2D eigenvalue weighted by atomic mass is 10.2. The molecule has 0 aromatic heterocycles. The molecule has 11 heteroatoms. The number of benzene rings is 1. The van der Waals surface area contributed by atoms with Crippen molar-refractivity contribution in [1.82, 2.24) is 15.5 Å². The van der Waals surface area contributed by atoms with E-state index < -0.39 is 13.7 Å². The van der Waals surface area contributed by atoms with Crippen molar-refractivity contribution < 1.29 is 18.2 Å². The maximum absolute atomic E-state index is 10.8. The van der Waals surface area contributed by atoms with E-state index >= 15 is 0 Å². The van der Waals surface area contributed by atoms with Crippen molar-refractivity contribution in [3.63, 3.8) is 0 Å². The van der Waals surface area contributed by atoms with Crippen molar-refractivity contribution in [3.05, 3.63) is 39.9 Å². The van der Waals surface area contributed by atoms with Gasteiger partial charge in [-0.05, 0) is 18.5 Å². The molecule has 0 spiro atoms. The predicted octanol–water partition coefficient (Wildman–Crippen LogP) is 0.901. The molecule has 2 N–H and O–H groups in total. The van der Waals surface area contributed by atoms with Gasteiger partial charge in [-0.15, -0.1) is 0 Å². The van der Waals surface area contributed by atoms with Crippen LogP contribution < -0.4 is 10.6 Å². The molecule has 3 saturated heterocycles. The zero-order chi connectivity index (χ0) is 21.8. The van der Waals surface area contributed by atoms with Crippen LogP contribution in [0.15, 0.2) is 29.3 Å². The number of rotatable bonds is 12. The number of aliphatic imine (C=N–C) groups is 1. The Morgan fingerprint density at radius 1 is 1.06 bits per heavy atom. The molecule has 0 amide bonds. The van der Waals surface area contributed by atoms with Gasteiger partial charge >= 0.3 is 8.80 Å². The van der Waals surface area contributed by atoms with Crippen LogP contribution in [-0.2, 0) is 13.3 Å². The lowest BCUT2D eigenvalue weighted by molar-refractivity contribution is -0.384. The first-order valence-electron chi connectivity index (χ1n) is 11.0. The van der Waals surface area contributed by atoms with Crippen molar-refractivity contribution in [2.24, 2.45) is 4.99 Å². The lowest BCUT2D eigenvalue weighted by Crippen LogP contribution is -2.55. The number of hydrogen-bond donors (Lipinski definition) is 2. The number of nitro benzene ring substituents is 1. The van der Waals surface area contributed by atoms with Crippen LogP contribution in [0.1, 0.15) is 12.0 Å². The molecule has 3 aliphatic heterocycles. The number of hydrogen-bond acceptors (Lipinski definition) is 9. The highest BCUT2D eigenvalue weighted by atomic mass is 28.4. The van der Waals surface area contributed by atoms with Crippen LogP contribution in [0.2, 0.25) is 6.04 Å². The number of nitro groups is 1. The van der Waals surface area contributed by atoms with Crippen molar-refractivity contribution in [1.29, 1.82) is 0 Å². The van der Waals surface area contributed by atoms with E-state index in [2.05, 4.69) is 20.5 Å². The lowest BCUT2D eigenvalue weighted by Gasteiger charge is -2.38. The van der Waals surface area contributed by atoms with E-state index in [4.69, 9.17) is 13.3 Å². The maximum atomic E-state index is 10.8. The van der Waals surface area contributed by atoms with Gasteiger partial charge in [-0.25, -0.2) is 0 Å². The molecule has 1 aromatic rings. The van der Waals surface area contributed by atoms with E-state index in [1.165, 1.54) is 12.1 Å². The summed E-state index contributed by atoms with van der Waals surface area (Å²) in [6, 6.07) is 7.33. The standard InChI is InChI=1S/C20H33N5O5Si/c26-25(27)20-4-1-3-19(17-20)18-23-9-8-22-7-6-21-5-2-16-31-28-13-10-24(11-14-29-31)12-15-30-31/h1,3-4,17-18,21-22H,2,5-16H2. The fourth-order valence-electron chi connectivity index (χ4n) is 3.56. The van der Waals surface area contributed by atoms with Gasteiger partial charge in [-0.2, -0.15) is 0 Å². The number of fused-ring (bicyclic) bond motifs is 6. The molecule has 3 fully saturated rings. The van der Waals surface area contributed by atoms with Crippen LogP contribution in [0.4, 0.5) is 5.69 Å². The van der Waals surface area contributed by atoms with Crippen LogP contribution in [0, 0.1) is 10.1 Å². The fraction of sp³-hybridized carbons (Fsp3) is 0.650. The third-order valence-electron chi connectivity index (χ3n) is 5.24. The van der Waals surface area contributed by atoms with Gasteiger partial charge in [0.1, 0.15) is 0 Å². The summed E-state index contributed by atoms with van der Waals surface area (Å²) >= 11 is 0. The highest BCUT2D eigenvalue weighted by Crippen LogP contribution is 2.21. The Labute approximate surface area is 184 Å². The number of non-ortho nitro benzene ring substituents is 1. The Morgan fingerprint density at radius 3 is 2.42 bits per heavy atom. The minimum atomic E-state index is -2.49. The molecule has 172 valence electrons. The van der Waals surface area contributed by atoms with Crippen molar-refractivity contribution >= 4 is 20.7 Å². The van der Waals surface area contributed by atoms with Gasteiger partial charge in [-0.3, -0.25) is 20.0 Å². The smallest absolute Gasteiger partial charge is 0.372 e. The summed E-state index contributed by atoms with van der Waals surface area (Å²) < 4.78 is 18.1. The maximum Gasteiger partial charge on any atom is 0.501 e.